The Morgan fingerprint density at radius 2 is 2.04 bits per heavy atom. The zero-order valence-electron chi connectivity index (χ0n) is 14.9. The zero-order chi connectivity index (χ0) is 17.9. The minimum atomic E-state index is 0.148. The second-order valence-electron chi connectivity index (χ2n) is 6.66. The standard InChI is InChI=1S/C21H22N2O2S/c1-16-8-9-19(26-16)14-22(13-18-6-4-12-25-18)15-21(24)23-11-10-17-5-2-3-7-20(17)23/h2-9,12H,10-11,13-15H2,1H3. The van der Waals surface area contributed by atoms with Crippen LogP contribution in [0.25, 0.3) is 0 Å². The average molecular weight is 366 g/mol. The Labute approximate surface area is 157 Å². The molecule has 1 aliphatic heterocycles. The van der Waals surface area contributed by atoms with Crippen LogP contribution >= 0.6 is 11.3 Å². The summed E-state index contributed by atoms with van der Waals surface area (Å²) < 4.78 is 5.51. The topological polar surface area (TPSA) is 36.7 Å². The number of rotatable bonds is 6. The number of aryl methyl sites for hydroxylation is 1. The van der Waals surface area contributed by atoms with E-state index in [-0.39, 0.29) is 5.91 Å². The number of hydrogen-bond acceptors (Lipinski definition) is 4. The monoisotopic (exact) mass is 366 g/mol. The van der Waals surface area contributed by atoms with E-state index in [9.17, 15) is 4.79 Å². The van der Waals surface area contributed by atoms with Gasteiger partial charge in [-0.25, -0.2) is 0 Å². The molecule has 1 aliphatic rings. The van der Waals surface area contributed by atoms with Crippen molar-refractivity contribution in [3.8, 4) is 0 Å². The quantitative estimate of drug-likeness (QED) is 0.655. The number of hydrogen-bond donors (Lipinski definition) is 0. The van der Waals surface area contributed by atoms with Crippen molar-refractivity contribution < 1.29 is 9.21 Å². The van der Waals surface area contributed by atoms with Gasteiger partial charge in [0.1, 0.15) is 5.76 Å². The summed E-state index contributed by atoms with van der Waals surface area (Å²) in [7, 11) is 0. The van der Waals surface area contributed by atoms with Crippen LogP contribution in [0.5, 0.6) is 0 Å². The second kappa shape index (κ2) is 7.48. The van der Waals surface area contributed by atoms with Crippen molar-refractivity contribution in [2.45, 2.75) is 26.4 Å². The van der Waals surface area contributed by atoms with E-state index < -0.39 is 0 Å². The predicted octanol–water partition coefficient (Wildman–Crippen LogP) is 4.24. The number of anilines is 1. The van der Waals surface area contributed by atoms with Crippen LogP contribution in [0.3, 0.4) is 0 Å². The van der Waals surface area contributed by atoms with E-state index in [0.717, 1.165) is 31.0 Å². The lowest BCUT2D eigenvalue weighted by Crippen LogP contribution is -2.39. The molecule has 3 heterocycles. The molecule has 1 amide bonds. The van der Waals surface area contributed by atoms with Crippen LogP contribution in [0.1, 0.15) is 21.1 Å². The van der Waals surface area contributed by atoms with Crippen LogP contribution < -0.4 is 4.90 Å². The normalized spacial score (nSPS) is 13.4. The highest BCUT2D eigenvalue weighted by Gasteiger charge is 2.26. The zero-order valence-corrected chi connectivity index (χ0v) is 15.7. The van der Waals surface area contributed by atoms with Crippen LogP contribution in [0.2, 0.25) is 0 Å². The Bertz CT molecular complexity index is 885. The van der Waals surface area contributed by atoms with E-state index in [4.69, 9.17) is 4.42 Å². The first-order valence-electron chi connectivity index (χ1n) is 8.87. The summed E-state index contributed by atoms with van der Waals surface area (Å²) in [4.78, 5) is 19.6. The van der Waals surface area contributed by atoms with Gasteiger partial charge in [0.25, 0.3) is 0 Å². The molecule has 0 bridgehead atoms. The number of amides is 1. The number of nitrogens with zero attached hydrogens (tertiary/aromatic N) is 2. The molecule has 0 spiro atoms. The van der Waals surface area contributed by atoms with E-state index in [1.54, 1.807) is 17.6 Å². The lowest BCUT2D eigenvalue weighted by atomic mass is 10.2. The first-order chi connectivity index (χ1) is 12.7. The Morgan fingerprint density at radius 1 is 1.15 bits per heavy atom. The molecule has 0 aliphatic carbocycles. The molecule has 2 aromatic heterocycles. The van der Waals surface area contributed by atoms with Crippen molar-refractivity contribution in [3.63, 3.8) is 0 Å². The fourth-order valence-electron chi connectivity index (χ4n) is 3.46. The SMILES string of the molecule is Cc1ccc(CN(CC(=O)N2CCc3ccccc32)Cc2ccco2)s1. The molecule has 0 fully saturated rings. The summed E-state index contributed by atoms with van der Waals surface area (Å²) in [5, 5.41) is 0. The Hall–Kier alpha value is -2.37. The average Bonchev–Trinajstić information content (AvgIpc) is 3.36. The molecule has 0 N–H and O–H groups in total. The molecule has 3 aromatic rings. The van der Waals surface area contributed by atoms with E-state index in [0.29, 0.717) is 13.1 Å². The molecular weight excluding hydrogens is 344 g/mol. The highest BCUT2D eigenvalue weighted by Crippen LogP contribution is 2.28. The summed E-state index contributed by atoms with van der Waals surface area (Å²) in [5.74, 6) is 1.03. The largest absolute Gasteiger partial charge is 0.468 e. The van der Waals surface area contributed by atoms with E-state index in [2.05, 4.69) is 30.0 Å². The van der Waals surface area contributed by atoms with E-state index in [1.807, 2.05) is 35.2 Å². The minimum Gasteiger partial charge on any atom is -0.468 e. The number of fused-ring (bicyclic) bond motifs is 1. The molecule has 0 radical (unpaired) electrons. The molecule has 1 aromatic carbocycles. The number of benzene rings is 1. The van der Waals surface area contributed by atoms with Crippen molar-refractivity contribution >= 4 is 22.9 Å². The summed E-state index contributed by atoms with van der Waals surface area (Å²) >= 11 is 1.78. The Balaban J connectivity index is 1.49. The molecule has 26 heavy (non-hydrogen) atoms. The molecule has 4 nitrogen and oxygen atoms in total. The molecule has 0 saturated heterocycles. The Kier molecular flexibility index (Phi) is 4.91. The predicted molar refractivity (Wildman–Crippen MR) is 104 cm³/mol. The first kappa shape index (κ1) is 17.1. The summed E-state index contributed by atoms with van der Waals surface area (Å²) in [6.07, 6.45) is 2.62. The third kappa shape index (κ3) is 3.74. The maximum Gasteiger partial charge on any atom is 0.241 e. The smallest absolute Gasteiger partial charge is 0.241 e. The van der Waals surface area contributed by atoms with Gasteiger partial charge in [0.2, 0.25) is 5.91 Å². The van der Waals surface area contributed by atoms with E-state index >= 15 is 0 Å². The molecule has 0 saturated carbocycles. The van der Waals surface area contributed by atoms with Gasteiger partial charge in [-0.2, -0.15) is 0 Å². The van der Waals surface area contributed by atoms with Gasteiger partial charge in [-0.1, -0.05) is 18.2 Å². The molecule has 5 heteroatoms. The third-order valence-corrected chi connectivity index (χ3v) is 5.67. The van der Waals surface area contributed by atoms with Crippen molar-refractivity contribution in [2.75, 3.05) is 18.0 Å². The van der Waals surface area contributed by atoms with Gasteiger partial charge >= 0.3 is 0 Å². The number of para-hydroxylation sites is 1. The Morgan fingerprint density at radius 3 is 2.81 bits per heavy atom. The lowest BCUT2D eigenvalue weighted by molar-refractivity contribution is -0.120. The lowest BCUT2D eigenvalue weighted by Gasteiger charge is -2.24. The van der Waals surface area contributed by atoms with Crippen molar-refractivity contribution in [1.29, 1.82) is 0 Å². The number of carbonyl (C=O) groups excluding carboxylic acids is 1. The minimum absolute atomic E-state index is 0.148. The van der Waals surface area contributed by atoms with Crippen LogP contribution in [0.4, 0.5) is 5.69 Å². The number of carbonyl (C=O) groups is 1. The number of thiophene rings is 1. The van der Waals surface area contributed by atoms with Crippen LogP contribution in [-0.2, 0) is 24.3 Å². The van der Waals surface area contributed by atoms with Gasteiger partial charge in [0.05, 0.1) is 19.4 Å². The van der Waals surface area contributed by atoms with Gasteiger partial charge in [-0.05, 0) is 49.2 Å². The number of furan rings is 1. The van der Waals surface area contributed by atoms with Crippen molar-refractivity contribution in [3.05, 3.63) is 75.9 Å². The summed E-state index contributed by atoms with van der Waals surface area (Å²) in [6, 6.07) is 16.3. The van der Waals surface area contributed by atoms with Crippen LogP contribution in [0.15, 0.2) is 59.2 Å². The van der Waals surface area contributed by atoms with Crippen molar-refractivity contribution in [1.82, 2.24) is 4.90 Å². The molecule has 4 rings (SSSR count). The highest BCUT2D eigenvalue weighted by molar-refractivity contribution is 7.11. The summed E-state index contributed by atoms with van der Waals surface area (Å²) in [5.41, 5.74) is 2.31. The fraction of sp³-hybridized carbons (Fsp3) is 0.286. The van der Waals surface area contributed by atoms with Gasteiger partial charge in [-0.15, -0.1) is 11.3 Å². The third-order valence-electron chi connectivity index (χ3n) is 4.68. The van der Waals surface area contributed by atoms with Gasteiger partial charge < -0.3 is 9.32 Å². The first-order valence-corrected chi connectivity index (χ1v) is 9.69. The molecular formula is C21H22N2O2S. The second-order valence-corrected chi connectivity index (χ2v) is 8.03. The maximum atomic E-state index is 13.0. The molecule has 0 unspecified atom stereocenters. The van der Waals surface area contributed by atoms with Gasteiger partial charge in [-0.3, -0.25) is 9.69 Å². The van der Waals surface area contributed by atoms with Crippen LogP contribution in [-0.4, -0.2) is 23.9 Å². The van der Waals surface area contributed by atoms with Crippen LogP contribution in [0, 0.1) is 6.92 Å². The van der Waals surface area contributed by atoms with E-state index in [1.165, 1.54) is 15.3 Å². The molecule has 0 atom stereocenters. The highest BCUT2D eigenvalue weighted by atomic mass is 32.1. The maximum absolute atomic E-state index is 13.0. The fourth-order valence-corrected chi connectivity index (χ4v) is 4.39. The summed E-state index contributed by atoms with van der Waals surface area (Å²) in [6.45, 7) is 4.64. The molecule has 134 valence electrons. The van der Waals surface area contributed by atoms with Gasteiger partial charge in [0, 0.05) is 28.5 Å². The van der Waals surface area contributed by atoms with Crippen molar-refractivity contribution in [2.24, 2.45) is 0 Å². The van der Waals surface area contributed by atoms with Gasteiger partial charge in [0.15, 0.2) is 0 Å².